The lowest BCUT2D eigenvalue weighted by Gasteiger charge is -2.09. The zero-order valence-electron chi connectivity index (χ0n) is 10.8. The minimum atomic E-state index is 0.0766. The van der Waals surface area contributed by atoms with E-state index in [1.54, 1.807) is 0 Å². The molecule has 21 heavy (non-hydrogen) atoms. The first-order chi connectivity index (χ1) is 10.1. The normalized spacial score (nSPS) is 10.6. The predicted octanol–water partition coefficient (Wildman–Crippen LogP) is 2.92. The average molecular weight is 367 g/mol. The Bertz CT molecular complexity index is 775. The van der Waals surface area contributed by atoms with Crippen molar-refractivity contribution in [1.82, 2.24) is 29.7 Å². The lowest BCUT2D eigenvalue weighted by molar-refractivity contribution is 0.796. The van der Waals surface area contributed by atoms with Crippen molar-refractivity contribution in [2.75, 3.05) is 5.32 Å². The summed E-state index contributed by atoms with van der Waals surface area (Å²) in [5.74, 6) is 0.635. The number of halogens is 2. The number of aromatic nitrogens is 6. The van der Waals surface area contributed by atoms with E-state index in [4.69, 9.17) is 11.6 Å². The molecule has 0 aliphatic rings. The third kappa shape index (κ3) is 3.17. The minimum absolute atomic E-state index is 0.0766. The molecule has 0 fully saturated rings. The van der Waals surface area contributed by atoms with Crippen LogP contribution >= 0.6 is 27.5 Å². The Kier molecular flexibility index (Phi) is 3.80. The van der Waals surface area contributed by atoms with Gasteiger partial charge in [0.2, 0.25) is 11.2 Å². The molecule has 2 heterocycles. The molecule has 0 atom stereocenters. The summed E-state index contributed by atoms with van der Waals surface area (Å²) in [4.78, 5) is 16.2. The van der Waals surface area contributed by atoms with Gasteiger partial charge >= 0.3 is 0 Å². The Morgan fingerprint density at radius 1 is 1.24 bits per heavy atom. The lowest BCUT2D eigenvalue weighted by atomic mass is 10.2. The number of nitrogens with zero attached hydrogens (tertiary/aromatic N) is 6. The molecule has 3 rings (SSSR count). The Morgan fingerprint density at radius 3 is 2.81 bits per heavy atom. The maximum atomic E-state index is 5.93. The minimum Gasteiger partial charge on any atom is -0.324 e. The molecule has 0 amide bonds. The summed E-state index contributed by atoms with van der Waals surface area (Å²) in [5.41, 5.74) is 1.92. The summed E-state index contributed by atoms with van der Waals surface area (Å²) in [5, 5.41) is 7.16. The molecule has 0 unspecified atom stereocenters. The average Bonchev–Trinajstić information content (AvgIpc) is 2.95. The largest absolute Gasteiger partial charge is 0.324 e. The molecule has 0 bridgehead atoms. The van der Waals surface area contributed by atoms with Crippen LogP contribution in [0.4, 0.5) is 11.6 Å². The van der Waals surface area contributed by atoms with Crippen LogP contribution in [0.1, 0.15) is 5.56 Å². The van der Waals surface area contributed by atoms with Crippen molar-refractivity contribution in [2.24, 2.45) is 0 Å². The topological polar surface area (TPSA) is 81.4 Å². The smallest absolute Gasteiger partial charge is 0.258 e. The Labute approximate surface area is 133 Å². The molecular weight excluding hydrogens is 358 g/mol. The van der Waals surface area contributed by atoms with Crippen LogP contribution in [0.5, 0.6) is 0 Å². The highest BCUT2D eigenvalue weighted by Gasteiger charge is 2.09. The van der Waals surface area contributed by atoms with Crippen molar-refractivity contribution < 1.29 is 0 Å². The van der Waals surface area contributed by atoms with E-state index in [2.05, 4.69) is 46.3 Å². The van der Waals surface area contributed by atoms with Crippen molar-refractivity contribution in [2.45, 2.75) is 6.92 Å². The maximum Gasteiger partial charge on any atom is 0.258 e. The quantitative estimate of drug-likeness (QED) is 0.767. The molecule has 1 aromatic carbocycles. The van der Waals surface area contributed by atoms with Crippen LogP contribution in [0.2, 0.25) is 5.28 Å². The first-order valence-corrected chi connectivity index (χ1v) is 7.09. The Hall–Kier alpha value is -2.06. The number of hydrogen-bond donors (Lipinski definition) is 1. The van der Waals surface area contributed by atoms with Gasteiger partial charge in [0.1, 0.15) is 12.7 Å². The number of aryl methyl sites for hydroxylation is 1. The van der Waals surface area contributed by atoms with Gasteiger partial charge in [-0.1, -0.05) is 15.9 Å². The molecule has 0 aliphatic heterocycles. The summed E-state index contributed by atoms with van der Waals surface area (Å²) >= 11 is 9.35. The van der Waals surface area contributed by atoms with Crippen LogP contribution in [0.25, 0.3) is 5.95 Å². The zero-order chi connectivity index (χ0) is 14.8. The summed E-state index contributed by atoms with van der Waals surface area (Å²) < 4.78 is 2.41. The summed E-state index contributed by atoms with van der Waals surface area (Å²) in [6.45, 7) is 1.98. The van der Waals surface area contributed by atoms with Crippen molar-refractivity contribution in [3.8, 4) is 5.95 Å². The number of rotatable bonds is 3. The molecule has 0 aliphatic carbocycles. The van der Waals surface area contributed by atoms with Crippen LogP contribution in [-0.2, 0) is 0 Å². The van der Waals surface area contributed by atoms with E-state index in [1.807, 2.05) is 25.1 Å². The van der Waals surface area contributed by atoms with Crippen LogP contribution in [0, 0.1) is 6.92 Å². The molecular formula is C12H9BrClN7. The fraction of sp³-hybridized carbons (Fsp3) is 0.0833. The van der Waals surface area contributed by atoms with Crippen LogP contribution < -0.4 is 5.32 Å². The van der Waals surface area contributed by atoms with Gasteiger partial charge in [0.25, 0.3) is 5.95 Å². The van der Waals surface area contributed by atoms with E-state index in [0.717, 1.165) is 15.7 Å². The van der Waals surface area contributed by atoms with Gasteiger partial charge in [-0.25, -0.2) is 4.98 Å². The maximum absolute atomic E-state index is 5.93. The molecule has 0 saturated heterocycles. The molecule has 0 spiro atoms. The number of benzene rings is 1. The van der Waals surface area contributed by atoms with Crippen molar-refractivity contribution in [3.05, 3.63) is 46.2 Å². The summed E-state index contributed by atoms with van der Waals surface area (Å²) in [6, 6.07) is 5.84. The van der Waals surface area contributed by atoms with Crippen molar-refractivity contribution in [3.63, 3.8) is 0 Å². The van der Waals surface area contributed by atoms with Gasteiger partial charge in [-0.3, -0.25) is 0 Å². The Balaban J connectivity index is 1.95. The van der Waals surface area contributed by atoms with E-state index < -0.39 is 0 Å². The van der Waals surface area contributed by atoms with Gasteiger partial charge in [0, 0.05) is 10.2 Å². The molecule has 2 aromatic heterocycles. The monoisotopic (exact) mass is 365 g/mol. The summed E-state index contributed by atoms with van der Waals surface area (Å²) in [7, 11) is 0. The highest BCUT2D eigenvalue weighted by molar-refractivity contribution is 9.10. The molecule has 0 radical (unpaired) electrons. The van der Waals surface area contributed by atoms with E-state index >= 15 is 0 Å². The van der Waals surface area contributed by atoms with E-state index in [9.17, 15) is 0 Å². The zero-order valence-corrected chi connectivity index (χ0v) is 13.2. The molecule has 1 N–H and O–H groups in total. The second-order valence-corrected chi connectivity index (χ2v) is 5.41. The Morgan fingerprint density at radius 2 is 2.10 bits per heavy atom. The predicted molar refractivity (Wildman–Crippen MR) is 81.9 cm³/mol. The number of anilines is 2. The van der Waals surface area contributed by atoms with Crippen LogP contribution in [0.15, 0.2) is 35.3 Å². The van der Waals surface area contributed by atoms with E-state index in [1.165, 1.54) is 17.3 Å². The molecule has 106 valence electrons. The van der Waals surface area contributed by atoms with Gasteiger partial charge in [-0.2, -0.15) is 24.7 Å². The van der Waals surface area contributed by atoms with Gasteiger partial charge < -0.3 is 5.32 Å². The van der Waals surface area contributed by atoms with Crippen molar-refractivity contribution >= 4 is 39.2 Å². The number of hydrogen-bond acceptors (Lipinski definition) is 6. The van der Waals surface area contributed by atoms with Crippen molar-refractivity contribution in [1.29, 1.82) is 0 Å². The first kappa shape index (κ1) is 13.9. The van der Waals surface area contributed by atoms with Gasteiger partial charge in [0.15, 0.2) is 0 Å². The third-order valence-corrected chi connectivity index (χ3v) is 3.32. The SMILES string of the molecule is Cc1cc(Br)ccc1Nc1nc(Cl)nc(-n2cncn2)n1. The summed E-state index contributed by atoms with van der Waals surface area (Å²) in [6.07, 6.45) is 2.88. The van der Waals surface area contributed by atoms with Gasteiger partial charge in [0.05, 0.1) is 0 Å². The van der Waals surface area contributed by atoms with E-state index in [0.29, 0.717) is 11.9 Å². The van der Waals surface area contributed by atoms with Gasteiger partial charge in [-0.05, 0) is 42.3 Å². The fourth-order valence-corrected chi connectivity index (χ4v) is 2.33. The van der Waals surface area contributed by atoms with Crippen LogP contribution in [-0.4, -0.2) is 29.7 Å². The highest BCUT2D eigenvalue weighted by Crippen LogP contribution is 2.22. The fourth-order valence-electron chi connectivity index (χ4n) is 1.70. The first-order valence-electron chi connectivity index (χ1n) is 5.91. The van der Waals surface area contributed by atoms with Crippen LogP contribution in [0.3, 0.4) is 0 Å². The standard InChI is InChI=1S/C12H9BrClN7/c1-7-4-8(13)2-3-9(7)17-11-18-10(14)19-12(20-11)21-6-15-5-16-21/h2-6H,1H3,(H,17,18,19,20). The molecule has 7 nitrogen and oxygen atoms in total. The van der Waals surface area contributed by atoms with Gasteiger partial charge in [-0.15, -0.1) is 0 Å². The third-order valence-electron chi connectivity index (χ3n) is 2.65. The second-order valence-electron chi connectivity index (χ2n) is 4.15. The van der Waals surface area contributed by atoms with E-state index in [-0.39, 0.29) is 5.28 Å². The highest BCUT2D eigenvalue weighted by atomic mass is 79.9. The lowest BCUT2D eigenvalue weighted by Crippen LogP contribution is -2.07. The molecule has 3 aromatic rings. The number of nitrogens with one attached hydrogen (secondary N) is 1. The molecule has 9 heteroatoms. The molecule has 0 saturated carbocycles. The second kappa shape index (κ2) is 5.74.